The van der Waals surface area contributed by atoms with Crippen molar-refractivity contribution in [1.29, 1.82) is 0 Å². The summed E-state index contributed by atoms with van der Waals surface area (Å²) in [4.78, 5) is 11.9. The van der Waals surface area contributed by atoms with Gasteiger partial charge in [-0.15, -0.1) is 0 Å². The normalized spacial score (nSPS) is 31.9. The van der Waals surface area contributed by atoms with Crippen LogP contribution >= 0.6 is 0 Å². The van der Waals surface area contributed by atoms with Gasteiger partial charge < -0.3 is 15.1 Å². The molecule has 86 valence electrons. The lowest BCUT2D eigenvalue weighted by molar-refractivity contribution is -0.124. The summed E-state index contributed by atoms with van der Waals surface area (Å²) in [6.45, 7) is 0.487. The Labute approximate surface area is 94.4 Å². The van der Waals surface area contributed by atoms with Gasteiger partial charge in [-0.1, -0.05) is 0 Å². The molecule has 1 aliphatic heterocycles. The zero-order chi connectivity index (χ0) is 11.0. The van der Waals surface area contributed by atoms with Gasteiger partial charge >= 0.3 is 0 Å². The maximum atomic E-state index is 11.9. The Hall–Kier alpha value is -1.29. The molecule has 16 heavy (non-hydrogen) atoms. The van der Waals surface area contributed by atoms with Crippen LogP contribution in [0.3, 0.4) is 0 Å². The fourth-order valence-electron chi connectivity index (χ4n) is 2.85. The van der Waals surface area contributed by atoms with Crippen LogP contribution in [-0.4, -0.2) is 18.0 Å². The van der Waals surface area contributed by atoms with Crippen LogP contribution in [0.15, 0.2) is 22.8 Å². The molecular formula is C12H16N2O2. The van der Waals surface area contributed by atoms with Crippen LogP contribution in [-0.2, 0) is 11.3 Å². The third kappa shape index (κ3) is 1.73. The second-order valence-corrected chi connectivity index (χ2v) is 4.71. The van der Waals surface area contributed by atoms with Gasteiger partial charge in [0.05, 0.1) is 18.8 Å². The first-order chi connectivity index (χ1) is 7.83. The maximum absolute atomic E-state index is 11.9. The topological polar surface area (TPSA) is 54.3 Å². The molecule has 2 fully saturated rings. The fraction of sp³-hybridized carbons (Fsp3) is 0.583. The van der Waals surface area contributed by atoms with Crippen LogP contribution in [0.25, 0.3) is 0 Å². The molecule has 0 spiro atoms. The smallest absolute Gasteiger partial charge is 0.237 e. The average molecular weight is 220 g/mol. The van der Waals surface area contributed by atoms with Crippen molar-refractivity contribution in [1.82, 2.24) is 10.6 Å². The van der Waals surface area contributed by atoms with Crippen molar-refractivity contribution >= 4 is 5.91 Å². The van der Waals surface area contributed by atoms with E-state index in [9.17, 15) is 4.79 Å². The number of piperidine rings is 1. The summed E-state index contributed by atoms with van der Waals surface area (Å²) in [5.74, 6) is 1.46. The van der Waals surface area contributed by atoms with E-state index in [1.165, 1.54) is 19.3 Å². The quantitative estimate of drug-likeness (QED) is 0.800. The zero-order valence-corrected chi connectivity index (χ0v) is 9.11. The van der Waals surface area contributed by atoms with Crippen molar-refractivity contribution in [2.24, 2.45) is 5.92 Å². The van der Waals surface area contributed by atoms with Crippen LogP contribution in [0.5, 0.6) is 0 Å². The lowest BCUT2D eigenvalue weighted by Gasteiger charge is -2.21. The summed E-state index contributed by atoms with van der Waals surface area (Å²) in [6, 6.07) is 4.30. The van der Waals surface area contributed by atoms with Gasteiger partial charge in [0, 0.05) is 6.04 Å². The first-order valence-corrected chi connectivity index (χ1v) is 5.89. The number of amides is 1. The minimum Gasteiger partial charge on any atom is -0.467 e. The summed E-state index contributed by atoms with van der Waals surface area (Å²) in [5.41, 5.74) is 0. The van der Waals surface area contributed by atoms with E-state index in [4.69, 9.17) is 4.42 Å². The fourth-order valence-corrected chi connectivity index (χ4v) is 2.85. The maximum Gasteiger partial charge on any atom is 0.237 e. The Bertz CT molecular complexity index is 374. The summed E-state index contributed by atoms with van der Waals surface area (Å²) in [6.07, 6.45) is 5.21. The van der Waals surface area contributed by atoms with Gasteiger partial charge in [0.15, 0.2) is 0 Å². The summed E-state index contributed by atoms with van der Waals surface area (Å²) >= 11 is 0. The Morgan fingerprint density at radius 1 is 1.56 bits per heavy atom. The van der Waals surface area contributed by atoms with Gasteiger partial charge in [0.1, 0.15) is 5.76 Å². The lowest BCUT2D eigenvalue weighted by Crippen LogP contribution is -2.47. The van der Waals surface area contributed by atoms with E-state index in [1.807, 2.05) is 12.1 Å². The number of hydrogen-bond acceptors (Lipinski definition) is 3. The predicted molar refractivity (Wildman–Crippen MR) is 58.6 cm³/mol. The second-order valence-electron chi connectivity index (χ2n) is 4.71. The number of fused-ring (bicyclic) bond motifs is 2. The Morgan fingerprint density at radius 3 is 3.12 bits per heavy atom. The van der Waals surface area contributed by atoms with Crippen LogP contribution in [0.4, 0.5) is 0 Å². The number of carbonyl (C=O) groups is 1. The van der Waals surface area contributed by atoms with E-state index in [0.717, 1.165) is 5.76 Å². The SMILES string of the molecule is O=C(NCc1ccco1)[C@H]1NC2CCC1C2. The van der Waals surface area contributed by atoms with E-state index >= 15 is 0 Å². The highest BCUT2D eigenvalue weighted by atomic mass is 16.3. The third-order valence-electron chi connectivity index (χ3n) is 3.66. The summed E-state index contributed by atoms with van der Waals surface area (Å²) in [5, 5.41) is 6.29. The molecule has 1 saturated carbocycles. The second kappa shape index (κ2) is 3.94. The zero-order valence-electron chi connectivity index (χ0n) is 9.11. The molecule has 1 aliphatic carbocycles. The first kappa shape index (κ1) is 9.90. The molecule has 2 heterocycles. The summed E-state index contributed by atoms with van der Waals surface area (Å²) < 4.78 is 5.17. The monoisotopic (exact) mass is 220 g/mol. The van der Waals surface area contributed by atoms with Gasteiger partial charge in [-0.2, -0.15) is 0 Å². The lowest BCUT2D eigenvalue weighted by atomic mass is 9.99. The standard InChI is InChI=1S/C12H16N2O2/c15-12(13-7-10-2-1-5-16-10)11-8-3-4-9(6-8)14-11/h1-2,5,8-9,11,14H,3-4,6-7H2,(H,13,15)/t8?,9?,11-/m0/s1. The highest BCUT2D eigenvalue weighted by Crippen LogP contribution is 2.35. The van der Waals surface area contributed by atoms with Crippen LogP contribution in [0.1, 0.15) is 25.0 Å². The van der Waals surface area contributed by atoms with Gasteiger partial charge in [-0.3, -0.25) is 4.79 Å². The summed E-state index contributed by atoms with van der Waals surface area (Å²) in [7, 11) is 0. The van der Waals surface area contributed by atoms with Crippen LogP contribution < -0.4 is 10.6 Å². The number of nitrogens with one attached hydrogen (secondary N) is 2. The van der Waals surface area contributed by atoms with Crippen molar-refractivity contribution < 1.29 is 9.21 Å². The number of carbonyl (C=O) groups excluding carboxylic acids is 1. The molecule has 1 aromatic rings. The van der Waals surface area contributed by atoms with E-state index in [1.54, 1.807) is 6.26 Å². The van der Waals surface area contributed by atoms with Gasteiger partial charge in [0.2, 0.25) is 5.91 Å². The number of furan rings is 1. The molecule has 4 nitrogen and oxygen atoms in total. The van der Waals surface area contributed by atoms with Crippen molar-refractivity contribution in [2.45, 2.75) is 37.9 Å². The van der Waals surface area contributed by atoms with E-state index in [-0.39, 0.29) is 11.9 Å². The molecule has 2 N–H and O–H groups in total. The molecule has 1 saturated heterocycles. The van der Waals surface area contributed by atoms with Crippen molar-refractivity contribution in [3.63, 3.8) is 0 Å². The van der Waals surface area contributed by atoms with Gasteiger partial charge in [-0.05, 0) is 37.3 Å². The van der Waals surface area contributed by atoms with Gasteiger partial charge in [0.25, 0.3) is 0 Å². The van der Waals surface area contributed by atoms with E-state index in [0.29, 0.717) is 18.5 Å². The minimum atomic E-state index is 0.0220. The Morgan fingerprint density at radius 2 is 2.50 bits per heavy atom. The van der Waals surface area contributed by atoms with Crippen molar-refractivity contribution in [2.75, 3.05) is 0 Å². The largest absolute Gasteiger partial charge is 0.467 e. The molecule has 2 aliphatic rings. The van der Waals surface area contributed by atoms with Gasteiger partial charge in [-0.25, -0.2) is 0 Å². The van der Waals surface area contributed by atoms with Crippen molar-refractivity contribution in [3.8, 4) is 0 Å². The molecule has 4 heteroatoms. The van der Waals surface area contributed by atoms with E-state index < -0.39 is 0 Å². The first-order valence-electron chi connectivity index (χ1n) is 5.89. The molecule has 2 bridgehead atoms. The molecule has 1 aromatic heterocycles. The Balaban J connectivity index is 1.54. The molecular weight excluding hydrogens is 204 g/mol. The minimum absolute atomic E-state index is 0.0220. The molecule has 3 atom stereocenters. The third-order valence-corrected chi connectivity index (χ3v) is 3.66. The molecule has 0 radical (unpaired) electrons. The molecule has 2 unspecified atom stereocenters. The molecule has 1 amide bonds. The van der Waals surface area contributed by atoms with Crippen LogP contribution in [0.2, 0.25) is 0 Å². The van der Waals surface area contributed by atoms with E-state index in [2.05, 4.69) is 10.6 Å². The number of hydrogen-bond donors (Lipinski definition) is 2. The Kier molecular flexibility index (Phi) is 2.44. The highest BCUT2D eigenvalue weighted by Gasteiger charge is 2.42. The highest BCUT2D eigenvalue weighted by molar-refractivity contribution is 5.82. The predicted octanol–water partition coefficient (Wildman–Crippen LogP) is 1.04. The van der Waals surface area contributed by atoms with Crippen LogP contribution in [0, 0.1) is 5.92 Å². The van der Waals surface area contributed by atoms with Crippen molar-refractivity contribution in [3.05, 3.63) is 24.2 Å². The number of rotatable bonds is 3. The average Bonchev–Trinajstić information content (AvgIpc) is 3.01. The molecule has 3 rings (SSSR count). The molecule has 0 aromatic carbocycles.